The molecule has 2 aromatic carbocycles. The standard InChI is InChI=1S/C18H20ClN3O2S2/c1-12(2)11-20-18(25)21-16-7-4-13(3)17(10-16)26(23,24)22-15-8-5-14(19)6-9-15/h4-10,22H,1,11H2,2-3H3,(H2,20,21,25). The second-order valence-electron chi connectivity index (χ2n) is 5.86. The first kappa shape index (κ1) is 20.2. The molecule has 0 saturated carbocycles. The molecule has 0 spiro atoms. The Morgan fingerprint density at radius 1 is 1.15 bits per heavy atom. The zero-order valence-electron chi connectivity index (χ0n) is 14.5. The van der Waals surface area contributed by atoms with Crippen molar-refractivity contribution >= 4 is 50.3 Å². The van der Waals surface area contributed by atoms with Gasteiger partial charge in [-0.05, 0) is 68.0 Å². The van der Waals surface area contributed by atoms with Crippen LogP contribution in [0.15, 0.2) is 59.5 Å². The third-order valence-electron chi connectivity index (χ3n) is 3.38. The largest absolute Gasteiger partial charge is 0.359 e. The zero-order valence-corrected chi connectivity index (χ0v) is 16.9. The van der Waals surface area contributed by atoms with Gasteiger partial charge in [-0.3, -0.25) is 4.72 Å². The van der Waals surface area contributed by atoms with Crippen LogP contribution >= 0.6 is 23.8 Å². The van der Waals surface area contributed by atoms with Gasteiger partial charge in [-0.15, -0.1) is 0 Å². The fourth-order valence-corrected chi connectivity index (χ4v) is 3.75. The predicted octanol–water partition coefficient (Wildman–Crippen LogP) is 4.31. The Bertz CT molecular complexity index is 926. The summed E-state index contributed by atoms with van der Waals surface area (Å²) < 4.78 is 28.0. The fraction of sp³-hybridized carbons (Fsp3) is 0.167. The van der Waals surface area contributed by atoms with Crippen LogP contribution in [0.3, 0.4) is 0 Å². The molecule has 138 valence electrons. The van der Waals surface area contributed by atoms with Gasteiger partial charge in [-0.25, -0.2) is 8.42 Å². The number of hydrogen-bond acceptors (Lipinski definition) is 3. The highest BCUT2D eigenvalue weighted by atomic mass is 35.5. The molecule has 2 rings (SSSR count). The van der Waals surface area contributed by atoms with Gasteiger partial charge in [0.1, 0.15) is 0 Å². The van der Waals surface area contributed by atoms with Crippen molar-refractivity contribution in [1.29, 1.82) is 0 Å². The molecule has 5 nitrogen and oxygen atoms in total. The summed E-state index contributed by atoms with van der Waals surface area (Å²) in [4.78, 5) is 0.167. The van der Waals surface area contributed by atoms with Gasteiger partial charge in [-0.2, -0.15) is 0 Å². The molecule has 0 aliphatic carbocycles. The van der Waals surface area contributed by atoms with E-state index in [0.29, 0.717) is 33.6 Å². The Balaban J connectivity index is 2.21. The van der Waals surface area contributed by atoms with Gasteiger partial charge in [0.15, 0.2) is 5.11 Å². The molecule has 3 N–H and O–H groups in total. The number of hydrogen-bond donors (Lipinski definition) is 3. The van der Waals surface area contributed by atoms with Crippen molar-refractivity contribution in [3.63, 3.8) is 0 Å². The Morgan fingerprint density at radius 3 is 2.38 bits per heavy atom. The van der Waals surface area contributed by atoms with Crippen LogP contribution in [0.5, 0.6) is 0 Å². The number of thiocarbonyl (C=S) groups is 1. The van der Waals surface area contributed by atoms with E-state index in [0.717, 1.165) is 5.57 Å². The Kier molecular flexibility index (Phi) is 6.63. The average Bonchev–Trinajstić information content (AvgIpc) is 2.56. The van der Waals surface area contributed by atoms with Gasteiger partial charge >= 0.3 is 0 Å². The highest BCUT2D eigenvalue weighted by molar-refractivity contribution is 7.92. The predicted molar refractivity (Wildman–Crippen MR) is 112 cm³/mol. The third-order valence-corrected chi connectivity index (χ3v) is 5.40. The van der Waals surface area contributed by atoms with E-state index in [2.05, 4.69) is 21.9 Å². The maximum Gasteiger partial charge on any atom is 0.262 e. The number of sulfonamides is 1. The molecule has 26 heavy (non-hydrogen) atoms. The minimum absolute atomic E-state index is 0.167. The SMILES string of the molecule is C=C(C)CNC(=S)Nc1ccc(C)c(S(=O)(=O)Nc2ccc(Cl)cc2)c1. The first-order valence-electron chi connectivity index (χ1n) is 7.75. The highest BCUT2D eigenvalue weighted by Crippen LogP contribution is 2.23. The van der Waals surface area contributed by atoms with E-state index < -0.39 is 10.0 Å². The van der Waals surface area contributed by atoms with Gasteiger partial charge in [0, 0.05) is 22.9 Å². The Hall–Kier alpha value is -2.09. The first-order valence-corrected chi connectivity index (χ1v) is 10.0. The number of anilines is 2. The lowest BCUT2D eigenvalue weighted by atomic mass is 10.2. The Labute approximate surface area is 164 Å². The summed E-state index contributed by atoms with van der Waals surface area (Å²) in [5, 5.41) is 6.90. The van der Waals surface area contributed by atoms with Crippen molar-refractivity contribution in [3.05, 3.63) is 65.2 Å². The van der Waals surface area contributed by atoms with Crippen LogP contribution in [0.1, 0.15) is 12.5 Å². The highest BCUT2D eigenvalue weighted by Gasteiger charge is 2.18. The monoisotopic (exact) mass is 409 g/mol. The summed E-state index contributed by atoms with van der Waals surface area (Å²) in [6, 6.07) is 11.5. The van der Waals surface area contributed by atoms with Crippen LogP contribution in [-0.2, 0) is 10.0 Å². The molecular formula is C18H20ClN3O2S2. The van der Waals surface area contributed by atoms with Crippen molar-refractivity contribution in [1.82, 2.24) is 5.32 Å². The molecule has 0 unspecified atom stereocenters. The topological polar surface area (TPSA) is 70.2 Å². The number of nitrogens with one attached hydrogen (secondary N) is 3. The van der Waals surface area contributed by atoms with Crippen LogP contribution in [0, 0.1) is 6.92 Å². The average molecular weight is 410 g/mol. The summed E-state index contributed by atoms with van der Waals surface area (Å²) in [5.74, 6) is 0. The van der Waals surface area contributed by atoms with E-state index in [1.807, 2.05) is 6.92 Å². The van der Waals surface area contributed by atoms with Crippen molar-refractivity contribution in [2.45, 2.75) is 18.7 Å². The summed E-state index contributed by atoms with van der Waals surface area (Å²) >= 11 is 11.0. The lowest BCUT2D eigenvalue weighted by Gasteiger charge is -2.14. The smallest absolute Gasteiger partial charge is 0.262 e. The van der Waals surface area contributed by atoms with Gasteiger partial charge in [-0.1, -0.05) is 29.8 Å². The quantitative estimate of drug-likeness (QED) is 0.489. The van der Waals surface area contributed by atoms with Crippen molar-refractivity contribution in [2.75, 3.05) is 16.6 Å². The third kappa shape index (κ3) is 5.72. The lowest BCUT2D eigenvalue weighted by molar-refractivity contribution is 0.600. The van der Waals surface area contributed by atoms with E-state index in [1.165, 1.54) is 0 Å². The molecule has 0 radical (unpaired) electrons. The normalized spacial score (nSPS) is 10.9. The molecule has 0 atom stereocenters. The van der Waals surface area contributed by atoms with E-state index in [-0.39, 0.29) is 4.90 Å². The second kappa shape index (κ2) is 8.53. The molecule has 2 aromatic rings. The molecule has 0 heterocycles. The number of aryl methyl sites for hydroxylation is 1. The first-order chi connectivity index (χ1) is 12.2. The summed E-state index contributed by atoms with van der Waals surface area (Å²) in [5.41, 5.74) is 2.57. The summed E-state index contributed by atoms with van der Waals surface area (Å²) in [7, 11) is -3.75. The lowest BCUT2D eigenvalue weighted by Crippen LogP contribution is -2.29. The molecule has 8 heteroatoms. The number of halogens is 1. The minimum atomic E-state index is -3.75. The van der Waals surface area contributed by atoms with Gasteiger partial charge in [0.2, 0.25) is 0 Å². The zero-order chi connectivity index (χ0) is 19.3. The molecule has 0 saturated heterocycles. The molecule has 0 aliphatic rings. The van der Waals surface area contributed by atoms with E-state index in [9.17, 15) is 8.42 Å². The van der Waals surface area contributed by atoms with E-state index >= 15 is 0 Å². The van der Waals surface area contributed by atoms with Crippen LogP contribution in [0.2, 0.25) is 5.02 Å². The van der Waals surface area contributed by atoms with Crippen molar-refractivity contribution in [3.8, 4) is 0 Å². The van der Waals surface area contributed by atoms with Crippen LogP contribution in [0.4, 0.5) is 11.4 Å². The maximum atomic E-state index is 12.7. The molecular weight excluding hydrogens is 390 g/mol. The minimum Gasteiger partial charge on any atom is -0.359 e. The molecule has 0 bridgehead atoms. The van der Waals surface area contributed by atoms with Crippen molar-refractivity contribution in [2.24, 2.45) is 0 Å². The number of rotatable bonds is 6. The molecule has 0 fully saturated rings. The molecule has 0 aliphatic heterocycles. The van der Waals surface area contributed by atoms with Crippen LogP contribution < -0.4 is 15.4 Å². The Morgan fingerprint density at radius 2 is 1.77 bits per heavy atom. The summed E-state index contributed by atoms with van der Waals surface area (Å²) in [6.07, 6.45) is 0. The van der Waals surface area contributed by atoms with Crippen LogP contribution in [-0.4, -0.2) is 20.1 Å². The summed E-state index contributed by atoms with van der Waals surface area (Å²) in [6.45, 7) is 7.95. The molecule has 0 aromatic heterocycles. The van der Waals surface area contributed by atoms with E-state index in [4.69, 9.17) is 23.8 Å². The van der Waals surface area contributed by atoms with Gasteiger partial charge in [0.25, 0.3) is 10.0 Å². The molecule has 0 amide bonds. The second-order valence-corrected chi connectivity index (χ2v) is 8.35. The van der Waals surface area contributed by atoms with Gasteiger partial charge in [0.05, 0.1) is 4.90 Å². The van der Waals surface area contributed by atoms with Gasteiger partial charge < -0.3 is 10.6 Å². The fourth-order valence-electron chi connectivity index (χ4n) is 2.10. The maximum absolute atomic E-state index is 12.7. The van der Waals surface area contributed by atoms with Crippen molar-refractivity contribution < 1.29 is 8.42 Å². The number of benzene rings is 2. The van der Waals surface area contributed by atoms with Crippen LogP contribution in [0.25, 0.3) is 0 Å². The van der Waals surface area contributed by atoms with E-state index in [1.54, 1.807) is 49.4 Å².